The van der Waals surface area contributed by atoms with Crippen molar-refractivity contribution in [2.75, 3.05) is 0 Å². The lowest BCUT2D eigenvalue weighted by molar-refractivity contribution is -0.115. The number of para-hydroxylation sites is 1. The molecule has 1 aromatic heterocycles. The first-order valence-electron chi connectivity index (χ1n) is 8.68. The number of thioether (sulfide) groups is 1. The van der Waals surface area contributed by atoms with Crippen LogP contribution in [0.3, 0.4) is 0 Å². The van der Waals surface area contributed by atoms with Gasteiger partial charge in [-0.05, 0) is 42.0 Å². The van der Waals surface area contributed by atoms with E-state index in [9.17, 15) is 4.79 Å². The van der Waals surface area contributed by atoms with Crippen LogP contribution in [0.1, 0.15) is 18.1 Å². The minimum absolute atomic E-state index is 0.149. The van der Waals surface area contributed by atoms with Crippen LogP contribution in [0.15, 0.2) is 65.7 Å². The molecule has 0 radical (unpaired) electrons. The van der Waals surface area contributed by atoms with Gasteiger partial charge in [-0.1, -0.05) is 49.4 Å². The van der Waals surface area contributed by atoms with Gasteiger partial charge in [-0.3, -0.25) is 10.2 Å². The van der Waals surface area contributed by atoms with Crippen LogP contribution in [-0.4, -0.2) is 20.9 Å². The van der Waals surface area contributed by atoms with Gasteiger partial charge in [0, 0.05) is 17.3 Å². The van der Waals surface area contributed by atoms with Gasteiger partial charge >= 0.3 is 0 Å². The summed E-state index contributed by atoms with van der Waals surface area (Å²) in [6.45, 7) is 2.12. The van der Waals surface area contributed by atoms with Crippen LogP contribution >= 0.6 is 11.8 Å². The van der Waals surface area contributed by atoms with E-state index in [-0.39, 0.29) is 11.1 Å². The number of hydrogen-bond donors (Lipinski definition) is 2. The van der Waals surface area contributed by atoms with Crippen molar-refractivity contribution in [3.63, 3.8) is 0 Å². The molecule has 1 aliphatic heterocycles. The van der Waals surface area contributed by atoms with Gasteiger partial charge in [0.25, 0.3) is 5.91 Å². The van der Waals surface area contributed by atoms with Gasteiger partial charge in [-0.2, -0.15) is 5.10 Å². The Bertz CT molecular complexity index is 1040. The van der Waals surface area contributed by atoms with E-state index in [1.165, 1.54) is 5.56 Å². The first-order valence-corrected chi connectivity index (χ1v) is 9.49. The molecule has 6 heteroatoms. The van der Waals surface area contributed by atoms with E-state index in [0.717, 1.165) is 40.7 Å². The van der Waals surface area contributed by atoms with Crippen molar-refractivity contribution < 1.29 is 4.79 Å². The Kier molecular flexibility index (Phi) is 4.64. The standard InChI is InChI=1S/C21H18N4OS/c1-2-14-8-10-15(11-9-14)19-16(12-18-20(26)23-21(22)27-18)13-25(24-19)17-6-4-3-5-7-17/h3-13H,2H2,1H3,(H2,22,23,26)/b18-12-. The van der Waals surface area contributed by atoms with E-state index in [4.69, 9.17) is 10.5 Å². The summed E-state index contributed by atoms with van der Waals surface area (Å²) in [5.41, 5.74) is 4.86. The fraction of sp³-hybridized carbons (Fsp3) is 0.0952. The normalized spacial score (nSPS) is 15.4. The van der Waals surface area contributed by atoms with Crippen LogP contribution < -0.4 is 5.32 Å². The lowest BCUT2D eigenvalue weighted by atomic mass is 10.0. The molecule has 0 saturated carbocycles. The molecule has 2 N–H and O–H groups in total. The molecule has 1 saturated heterocycles. The number of nitrogens with one attached hydrogen (secondary N) is 2. The van der Waals surface area contributed by atoms with Gasteiger partial charge < -0.3 is 5.32 Å². The molecule has 0 spiro atoms. The Labute approximate surface area is 161 Å². The first kappa shape index (κ1) is 17.3. The van der Waals surface area contributed by atoms with Gasteiger partial charge in [0.15, 0.2) is 5.17 Å². The topological polar surface area (TPSA) is 70.8 Å². The number of amides is 1. The van der Waals surface area contributed by atoms with Crippen LogP contribution in [0.2, 0.25) is 0 Å². The lowest BCUT2D eigenvalue weighted by Crippen LogP contribution is -2.18. The molecule has 0 aliphatic carbocycles. The Morgan fingerprint density at radius 2 is 1.89 bits per heavy atom. The maximum Gasteiger partial charge on any atom is 0.264 e. The van der Waals surface area contributed by atoms with Gasteiger partial charge in [0.2, 0.25) is 0 Å². The monoisotopic (exact) mass is 374 g/mol. The van der Waals surface area contributed by atoms with E-state index in [0.29, 0.717) is 4.91 Å². The predicted molar refractivity (Wildman–Crippen MR) is 110 cm³/mol. The fourth-order valence-corrected chi connectivity index (χ4v) is 3.60. The molecule has 2 aromatic carbocycles. The lowest BCUT2D eigenvalue weighted by Gasteiger charge is -2.02. The Morgan fingerprint density at radius 3 is 2.52 bits per heavy atom. The molecular formula is C21H18N4OS. The van der Waals surface area contributed by atoms with E-state index in [1.54, 1.807) is 6.08 Å². The summed E-state index contributed by atoms with van der Waals surface area (Å²) < 4.78 is 1.82. The maximum absolute atomic E-state index is 12.0. The van der Waals surface area contributed by atoms with Gasteiger partial charge in [-0.25, -0.2) is 4.68 Å². The molecule has 1 fully saturated rings. The zero-order chi connectivity index (χ0) is 18.8. The molecule has 27 heavy (non-hydrogen) atoms. The van der Waals surface area contributed by atoms with Crippen LogP contribution in [-0.2, 0) is 11.2 Å². The van der Waals surface area contributed by atoms with Crippen molar-refractivity contribution >= 4 is 28.9 Å². The molecule has 1 amide bonds. The van der Waals surface area contributed by atoms with Crippen molar-refractivity contribution in [3.8, 4) is 16.9 Å². The van der Waals surface area contributed by atoms with Crippen molar-refractivity contribution in [2.24, 2.45) is 0 Å². The zero-order valence-corrected chi connectivity index (χ0v) is 15.6. The third-order valence-electron chi connectivity index (χ3n) is 4.35. The third kappa shape index (κ3) is 3.57. The van der Waals surface area contributed by atoms with Crippen molar-refractivity contribution in [1.29, 1.82) is 5.41 Å². The van der Waals surface area contributed by atoms with Crippen LogP contribution in [0.4, 0.5) is 0 Å². The average Bonchev–Trinajstić information content (AvgIpc) is 3.25. The number of aromatic nitrogens is 2. The average molecular weight is 374 g/mol. The third-order valence-corrected chi connectivity index (χ3v) is 5.18. The number of benzene rings is 2. The number of carbonyl (C=O) groups excluding carboxylic acids is 1. The van der Waals surface area contributed by atoms with Crippen molar-refractivity contribution in [2.45, 2.75) is 13.3 Å². The van der Waals surface area contributed by atoms with E-state index < -0.39 is 0 Å². The Morgan fingerprint density at radius 1 is 1.15 bits per heavy atom. The number of hydrogen-bond acceptors (Lipinski definition) is 4. The van der Waals surface area contributed by atoms with Crippen LogP contribution in [0.5, 0.6) is 0 Å². The predicted octanol–water partition coefficient (Wildman–Crippen LogP) is 4.24. The summed E-state index contributed by atoms with van der Waals surface area (Å²) in [6.07, 6.45) is 4.70. The number of aryl methyl sites for hydroxylation is 1. The summed E-state index contributed by atoms with van der Waals surface area (Å²) in [4.78, 5) is 12.5. The second kappa shape index (κ2) is 7.25. The number of carbonyl (C=O) groups is 1. The van der Waals surface area contributed by atoms with Gasteiger partial charge in [0.1, 0.15) is 0 Å². The summed E-state index contributed by atoms with van der Waals surface area (Å²) in [5.74, 6) is -0.246. The van der Waals surface area contributed by atoms with Gasteiger partial charge in [0.05, 0.1) is 16.3 Å². The molecular weight excluding hydrogens is 356 g/mol. The van der Waals surface area contributed by atoms with E-state index in [2.05, 4.69) is 36.5 Å². The summed E-state index contributed by atoms with van der Waals surface area (Å²) >= 11 is 1.13. The van der Waals surface area contributed by atoms with Crippen LogP contribution in [0.25, 0.3) is 23.0 Å². The second-order valence-electron chi connectivity index (χ2n) is 6.16. The summed E-state index contributed by atoms with van der Waals surface area (Å²) in [7, 11) is 0. The van der Waals surface area contributed by atoms with Crippen molar-refractivity contribution in [3.05, 3.63) is 76.8 Å². The summed E-state index contributed by atoms with van der Waals surface area (Å²) in [5, 5.41) is 15.1. The smallest absolute Gasteiger partial charge is 0.264 e. The highest BCUT2D eigenvalue weighted by molar-refractivity contribution is 8.18. The maximum atomic E-state index is 12.0. The minimum atomic E-state index is -0.246. The zero-order valence-electron chi connectivity index (χ0n) is 14.8. The number of rotatable bonds is 4. The molecule has 4 rings (SSSR count). The molecule has 0 atom stereocenters. The first-order chi connectivity index (χ1) is 13.1. The van der Waals surface area contributed by atoms with Crippen LogP contribution in [0, 0.1) is 5.41 Å². The number of nitrogens with zero attached hydrogens (tertiary/aromatic N) is 2. The largest absolute Gasteiger partial charge is 0.301 e. The molecule has 134 valence electrons. The molecule has 2 heterocycles. The minimum Gasteiger partial charge on any atom is -0.301 e. The van der Waals surface area contributed by atoms with Gasteiger partial charge in [-0.15, -0.1) is 0 Å². The number of amidine groups is 1. The highest BCUT2D eigenvalue weighted by Gasteiger charge is 2.23. The molecule has 5 nitrogen and oxygen atoms in total. The molecule has 0 unspecified atom stereocenters. The highest BCUT2D eigenvalue weighted by Crippen LogP contribution is 2.30. The highest BCUT2D eigenvalue weighted by atomic mass is 32.2. The second-order valence-corrected chi connectivity index (χ2v) is 7.21. The Hall–Kier alpha value is -3.12. The van der Waals surface area contributed by atoms with E-state index in [1.807, 2.05) is 41.2 Å². The Balaban J connectivity index is 1.82. The summed E-state index contributed by atoms with van der Waals surface area (Å²) in [6, 6.07) is 18.2. The van der Waals surface area contributed by atoms with E-state index >= 15 is 0 Å². The SMILES string of the molecule is CCc1ccc(-c2nn(-c3ccccc3)cc2/C=C2\SC(=N)NC2=O)cc1. The molecule has 0 bridgehead atoms. The van der Waals surface area contributed by atoms with Crippen molar-refractivity contribution in [1.82, 2.24) is 15.1 Å². The molecule has 3 aromatic rings. The quantitative estimate of drug-likeness (QED) is 0.671. The molecule has 1 aliphatic rings. The fourth-order valence-electron chi connectivity index (χ4n) is 2.91.